The van der Waals surface area contributed by atoms with Gasteiger partial charge in [0.05, 0.1) is 12.0 Å². The third kappa shape index (κ3) is 4.20. The second-order valence-corrected chi connectivity index (χ2v) is 6.42. The minimum absolute atomic E-state index is 0.0517. The Hall–Kier alpha value is -2.89. The van der Waals surface area contributed by atoms with Gasteiger partial charge in [-0.05, 0) is 36.2 Å². The highest BCUT2D eigenvalue weighted by molar-refractivity contribution is 5.99. The second-order valence-electron chi connectivity index (χ2n) is 6.42. The van der Waals surface area contributed by atoms with Crippen LogP contribution in [-0.4, -0.2) is 47.8 Å². The molecular formula is C20H22FN3O2. The number of anilines is 1. The molecule has 5 nitrogen and oxygen atoms in total. The maximum atomic E-state index is 13.3. The summed E-state index contributed by atoms with van der Waals surface area (Å²) in [5.74, 6) is -0.505. The molecule has 0 aliphatic carbocycles. The zero-order chi connectivity index (χ0) is 18.5. The first-order valence-electron chi connectivity index (χ1n) is 8.70. The maximum Gasteiger partial charge on any atom is 0.256 e. The summed E-state index contributed by atoms with van der Waals surface area (Å²) in [6.07, 6.45) is 0.866. The molecule has 0 bridgehead atoms. The predicted octanol–water partition coefficient (Wildman–Crippen LogP) is 2.33. The van der Waals surface area contributed by atoms with Crippen LogP contribution < -0.4 is 5.73 Å². The molecule has 136 valence electrons. The molecule has 1 aliphatic rings. The molecule has 0 spiro atoms. The van der Waals surface area contributed by atoms with Crippen LogP contribution in [0.25, 0.3) is 0 Å². The SMILES string of the molecule is Nc1ccccc1C(=O)N1CCCN(C(=O)Cc2cccc(F)c2)CC1. The first-order valence-corrected chi connectivity index (χ1v) is 8.70. The summed E-state index contributed by atoms with van der Waals surface area (Å²) in [5, 5.41) is 0. The molecule has 0 radical (unpaired) electrons. The van der Waals surface area contributed by atoms with Crippen LogP contribution in [0, 0.1) is 5.82 Å². The minimum atomic E-state index is -0.344. The van der Waals surface area contributed by atoms with Crippen LogP contribution in [0.2, 0.25) is 0 Å². The lowest BCUT2D eigenvalue weighted by Gasteiger charge is -2.23. The van der Waals surface area contributed by atoms with Crippen molar-refractivity contribution in [2.24, 2.45) is 0 Å². The molecule has 3 rings (SSSR count). The van der Waals surface area contributed by atoms with Crippen molar-refractivity contribution < 1.29 is 14.0 Å². The lowest BCUT2D eigenvalue weighted by atomic mass is 10.1. The van der Waals surface area contributed by atoms with E-state index in [1.54, 1.807) is 46.2 Å². The average Bonchev–Trinajstić information content (AvgIpc) is 2.88. The van der Waals surface area contributed by atoms with Gasteiger partial charge in [-0.2, -0.15) is 0 Å². The quantitative estimate of drug-likeness (QED) is 0.860. The summed E-state index contributed by atoms with van der Waals surface area (Å²) < 4.78 is 13.3. The maximum absolute atomic E-state index is 13.3. The van der Waals surface area contributed by atoms with E-state index in [0.29, 0.717) is 49.4 Å². The summed E-state index contributed by atoms with van der Waals surface area (Å²) in [6.45, 7) is 2.09. The molecule has 26 heavy (non-hydrogen) atoms. The van der Waals surface area contributed by atoms with Crippen molar-refractivity contribution in [3.8, 4) is 0 Å². The van der Waals surface area contributed by atoms with Gasteiger partial charge in [-0.3, -0.25) is 9.59 Å². The van der Waals surface area contributed by atoms with E-state index in [1.807, 2.05) is 0 Å². The number of para-hydroxylation sites is 1. The van der Waals surface area contributed by atoms with Gasteiger partial charge in [0.1, 0.15) is 5.82 Å². The molecule has 1 heterocycles. The standard InChI is InChI=1S/C20H22FN3O2/c21-16-6-3-5-15(13-16)14-19(25)23-9-4-10-24(12-11-23)20(26)17-7-1-2-8-18(17)22/h1-3,5-8,13H,4,9-12,14,22H2. The van der Waals surface area contributed by atoms with Crippen molar-refractivity contribution in [1.29, 1.82) is 0 Å². The molecule has 6 heteroatoms. The monoisotopic (exact) mass is 355 g/mol. The van der Waals surface area contributed by atoms with Crippen molar-refractivity contribution in [1.82, 2.24) is 9.80 Å². The second kappa shape index (κ2) is 7.99. The average molecular weight is 355 g/mol. The van der Waals surface area contributed by atoms with Crippen LogP contribution in [-0.2, 0) is 11.2 Å². The normalized spacial score (nSPS) is 14.8. The number of nitrogens with two attached hydrogens (primary N) is 1. The highest BCUT2D eigenvalue weighted by atomic mass is 19.1. The van der Waals surface area contributed by atoms with E-state index in [4.69, 9.17) is 5.73 Å². The summed E-state index contributed by atoms with van der Waals surface area (Å²) in [4.78, 5) is 28.7. The van der Waals surface area contributed by atoms with Crippen molar-refractivity contribution in [3.05, 3.63) is 65.5 Å². The van der Waals surface area contributed by atoms with Crippen molar-refractivity contribution >= 4 is 17.5 Å². The van der Waals surface area contributed by atoms with E-state index >= 15 is 0 Å². The first-order chi connectivity index (χ1) is 12.5. The van der Waals surface area contributed by atoms with Crippen molar-refractivity contribution in [2.75, 3.05) is 31.9 Å². The summed E-state index contributed by atoms with van der Waals surface area (Å²) >= 11 is 0. The fraction of sp³-hybridized carbons (Fsp3) is 0.300. The summed E-state index contributed by atoms with van der Waals surface area (Å²) in [5.41, 5.74) is 7.51. The van der Waals surface area contributed by atoms with E-state index in [0.717, 1.165) is 0 Å². The smallest absolute Gasteiger partial charge is 0.256 e. The molecule has 1 fully saturated rings. The number of nitrogens with zero attached hydrogens (tertiary/aromatic N) is 2. The lowest BCUT2D eigenvalue weighted by Crippen LogP contribution is -2.38. The number of carbonyl (C=O) groups is 2. The summed E-state index contributed by atoms with van der Waals surface area (Å²) in [7, 11) is 0. The van der Waals surface area contributed by atoms with E-state index in [1.165, 1.54) is 12.1 Å². The molecule has 0 saturated carbocycles. The lowest BCUT2D eigenvalue weighted by molar-refractivity contribution is -0.130. The number of amides is 2. The largest absolute Gasteiger partial charge is 0.398 e. The molecule has 2 N–H and O–H groups in total. The number of benzene rings is 2. The van der Waals surface area contributed by atoms with Gasteiger partial charge in [0.25, 0.3) is 5.91 Å². The highest BCUT2D eigenvalue weighted by Gasteiger charge is 2.23. The van der Waals surface area contributed by atoms with Crippen LogP contribution in [0.1, 0.15) is 22.3 Å². The fourth-order valence-corrected chi connectivity index (χ4v) is 3.17. The number of carbonyl (C=O) groups excluding carboxylic acids is 2. The Kier molecular flexibility index (Phi) is 5.51. The van der Waals surface area contributed by atoms with Crippen LogP contribution >= 0.6 is 0 Å². The molecule has 2 amide bonds. The molecular weight excluding hydrogens is 333 g/mol. The van der Waals surface area contributed by atoms with E-state index < -0.39 is 0 Å². The molecule has 0 unspecified atom stereocenters. The van der Waals surface area contributed by atoms with Crippen molar-refractivity contribution in [3.63, 3.8) is 0 Å². The van der Waals surface area contributed by atoms with Gasteiger partial charge >= 0.3 is 0 Å². The fourth-order valence-electron chi connectivity index (χ4n) is 3.17. The Morgan fingerprint density at radius 1 is 0.962 bits per heavy atom. The third-order valence-electron chi connectivity index (χ3n) is 4.57. The topological polar surface area (TPSA) is 66.6 Å². The summed E-state index contributed by atoms with van der Waals surface area (Å²) in [6, 6.07) is 13.1. The predicted molar refractivity (Wildman–Crippen MR) is 98.1 cm³/mol. The zero-order valence-electron chi connectivity index (χ0n) is 14.5. The van der Waals surface area contributed by atoms with Gasteiger partial charge in [-0.15, -0.1) is 0 Å². The Morgan fingerprint density at radius 3 is 2.46 bits per heavy atom. The van der Waals surface area contributed by atoms with Gasteiger partial charge in [-0.25, -0.2) is 4.39 Å². The molecule has 2 aromatic rings. The molecule has 1 aliphatic heterocycles. The van der Waals surface area contributed by atoms with Gasteiger partial charge in [-0.1, -0.05) is 24.3 Å². The zero-order valence-corrected chi connectivity index (χ0v) is 14.5. The highest BCUT2D eigenvalue weighted by Crippen LogP contribution is 2.16. The van der Waals surface area contributed by atoms with Crippen LogP contribution in [0.4, 0.5) is 10.1 Å². The Balaban J connectivity index is 1.62. The van der Waals surface area contributed by atoms with Gasteiger partial charge in [0.2, 0.25) is 5.91 Å². The van der Waals surface area contributed by atoms with Crippen molar-refractivity contribution in [2.45, 2.75) is 12.8 Å². The molecule has 2 aromatic carbocycles. The van der Waals surface area contributed by atoms with Gasteiger partial charge in [0.15, 0.2) is 0 Å². The number of halogens is 1. The number of hydrogen-bond donors (Lipinski definition) is 1. The first kappa shape index (κ1) is 17.9. The number of nitrogen functional groups attached to an aromatic ring is 1. The van der Waals surface area contributed by atoms with E-state index in [9.17, 15) is 14.0 Å². The van der Waals surface area contributed by atoms with E-state index in [-0.39, 0.29) is 24.1 Å². The molecule has 0 atom stereocenters. The third-order valence-corrected chi connectivity index (χ3v) is 4.57. The van der Waals surface area contributed by atoms with Crippen LogP contribution in [0.15, 0.2) is 48.5 Å². The Bertz CT molecular complexity index is 809. The Labute approximate surface area is 152 Å². The molecule has 1 saturated heterocycles. The number of rotatable bonds is 3. The van der Waals surface area contributed by atoms with Gasteiger partial charge < -0.3 is 15.5 Å². The Morgan fingerprint density at radius 2 is 1.69 bits per heavy atom. The minimum Gasteiger partial charge on any atom is -0.398 e. The molecule has 0 aromatic heterocycles. The van der Waals surface area contributed by atoms with Crippen LogP contribution in [0.3, 0.4) is 0 Å². The van der Waals surface area contributed by atoms with Crippen LogP contribution in [0.5, 0.6) is 0 Å². The number of hydrogen-bond acceptors (Lipinski definition) is 3. The van der Waals surface area contributed by atoms with Gasteiger partial charge in [0, 0.05) is 31.9 Å². The van der Waals surface area contributed by atoms with E-state index in [2.05, 4.69) is 0 Å².